The van der Waals surface area contributed by atoms with E-state index in [1.165, 1.54) is 32.4 Å². The molecule has 0 saturated carbocycles. The molecule has 9 heteroatoms. The van der Waals surface area contributed by atoms with Gasteiger partial charge in [-0.2, -0.15) is 0 Å². The molecule has 3 rings (SSSR count). The summed E-state index contributed by atoms with van der Waals surface area (Å²) in [6.07, 6.45) is -4.26. The van der Waals surface area contributed by atoms with E-state index >= 15 is 0 Å². The van der Waals surface area contributed by atoms with Gasteiger partial charge >= 0.3 is 12.3 Å². The van der Waals surface area contributed by atoms with Crippen molar-refractivity contribution in [1.82, 2.24) is 10.6 Å². The van der Waals surface area contributed by atoms with Crippen LogP contribution in [0.5, 0.6) is 11.5 Å². The predicted octanol–water partition coefficient (Wildman–Crippen LogP) is 3.58. The van der Waals surface area contributed by atoms with E-state index in [-0.39, 0.29) is 36.3 Å². The molecule has 0 aromatic heterocycles. The number of methoxy groups -OCH3 is 2. The van der Waals surface area contributed by atoms with Gasteiger partial charge in [-0.05, 0) is 30.2 Å². The first-order valence-electron chi connectivity index (χ1n) is 9.83. The second kappa shape index (κ2) is 10.0. The highest BCUT2D eigenvalue weighted by Gasteiger charge is 2.35. The molecular formula is C22H25F3N2O4. The lowest BCUT2D eigenvalue weighted by molar-refractivity contribution is -0.274. The van der Waals surface area contributed by atoms with Gasteiger partial charge in [0.25, 0.3) is 0 Å². The largest absolute Gasteiger partial charge is 0.573 e. The normalized spacial score (nSPS) is 21.4. The van der Waals surface area contributed by atoms with Crippen molar-refractivity contribution in [2.24, 2.45) is 5.92 Å². The van der Waals surface area contributed by atoms with Gasteiger partial charge < -0.3 is 24.8 Å². The number of piperidine rings is 1. The Balaban J connectivity index is 1.80. The van der Waals surface area contributed by atoms with Gasteiger partial charge in [0.1, 0.15) is 11.5 Å². The summed E-state index contributed by atoms with van der Waals surface area (Å²) in [5.41, 5.74) is 1.56. The third-order valence-electron chi connectivity index (χ3n) is 5.26. The lowest BCUT2D eigenvalue weighted by atomic mass is 9.86. The van der Waals surface area contributed by atoms with Crippen LogP contribution in [0.15, 0.2) is 48.5 Å². The fourth-order valence-electron chi connectivity index (χ4n) is 3.83. The Bertz CT molecular complexity index is 877. The van der Waals surface area contributed by atoms with Crippen molar-refractivity contribution < 1.29 is 32.2 Å². The number of nitrogens with one attached hydrogen (secondary N) is 2. The molecule has 0 bridgehead atoms. The molecule has 1 fully saturated rings. The fraction of sp³-hybridized carbons (Fsp3) is 0.409. The number of esters is 1. The summed E-state index contributed by atoms with van der Waals surface area (Å²) in [6.45, 7) is 0.699. The summed E-state index contributed by atoms with van der Waals surface area (Å²) >= 11 is 0. The van der Waals surface area contributed by atoms with Crippen molar-refractivity contribution >= 4 is 5.97 Å². The minimum Gasteiger partial charge on any atom is -0.496 e. The molecule has 168 valence electrons. The molecule has 1 aliphatic rings. The highest BCUT2D eigenvalue weighted by molar-refractivity contribution is 5.72. The van der Waals surface area contributed by atoms with Gasteiger partial charge in [-0.15, -0.1) is 13.2 Å². The summed E-state index contributed by atoms with van der Waals surface area (Å²) < 4.78 is 52.0. The lowest BCUT2D eigenvalue weighted by Gasteiger charge is -2.37. The van der Waals surface area contributed by atoms with E-state index in [1.54, 1.807) is 0 Å². The van der Waals surface area contributed by atoms with Gasteiger partial charge in [-0.25, -0.2) is 0 Å². The Hall–Kier alpha value is -2.78. The Kier molecular flexibility index (Phi) is 7.40. The number of alkyl halides is 3. The van der Waals surface area contributed by atoms with Crippen LogP contribution in [0.1, 0.15) is 23.6 Å². The van der Waals surface area contributed by atoms with Crippen LogP contribution in [-0.4, -0.2) is 39.1 Å². The number of hydrogen-bond acceptors (Lipinski definition) is 6. The predicted molar refractivity (Wildman–Crippen MR) is 108 cm³/mol. The number of benzene rings is 2. The van der Waals surface area contributed by atoms with Crippen LogP contribution in [0, 0.1) is 5.92 Å². The second-order valence-electron chi connectivity index (χ2n) is 7.26. The number of ether oxygens (including phenoxy) is 3. The van der Waals surface area contributed by atoms with Crippen LogP contribution in [0.4, 0.5) is 13.2 Å². The Morgan fingerprint density at radius 3 is 2.55 bits per heavy atom. The highest BCUT2D eigenvalue weighted by Crippen LogP contribution is 2.31. The molecule has 3 atom stereocenters. The van der Waals surface area contributed by atoms with Crippen molar-refractivity contribution in [3.8, 4) is 11.5 Å². The summed E-state index contributed by atoms with van der Waals surface area (Å²) in [4.78, 5) is 12.1. The number of rotatable bonds is 7. The number of hydrogen-bond donors (Lipinski definition) is 2. The van der Waals surface area contributed by atoms with Crippen LogP contribution in [0.25, 0.3) is 0 Å². The molecule has 0 unspecified atom stereocenters. The van der Waals surface area contributed by atoms with Crippen LogP contribution in [0.2, 0.25) is 0 Å². The van der Waals surface area contributed by atoms with Gasteiger partial charge in [-0.1, -0.05) is 30.3 Å². The van der Waals surface area contributed by atoms with Crippen molar-refractivity contribution in [3.05, 3.63) is 59.7 Å². The number of carbonyl (C=O) groups excluding carboxylic acids is 1. The van der Waals surface area contributed by atoms with Gasteiger partial charge in [0.15, 0.2) is 0 Å². The quantitative estimate of drug-likeness (QED) is 0.645. The van der Waals surface area contributed by atoms with E-state index in [2.05, 4.69) is 15.4 Å². The van der Waals surface area contributed by atoms with Crippen molar-refractivity contribution in [2.45, 2.75) is 31.4 Å². The lowest BCUT2D eigenvalue weighted by Crippen LogP contribution is -2.51. The first kappa shape index (κ1) is 22.9. The first-order valence-corrected chi connectivity index (χ1v) is 9.83. The first-order chi connectivity index (χ1) is 14.8. The average Bonchev–Trinajstić information content (AvgIpc) is 2.76. The molecule has 31 heavy (non-hydrogen) atoms. The van der Waals surface area contributed by atoms with E-state index in [4.69, 9.17) is 9.47 Å². The summed E-state index contributed by atoms with van der Waals surface area (Å²) in [5, 5.41) is 6.76. The molecule has 1 saturated heterocycles. The Morgan fingerprint density at radius 1 is 1.16 bits per heavy atom. The third kappa shape index (κ3) is 6.11. The van der Waals surface area contributed by atoms with Crippen molar-refractivity contribution in [1.29, 1.82) is 0 Å². The Labute approximate surface area is 178 Å². The molecular weight excluding hydrogens is 413 g/mol. The number of halogens is 3. The standard InChI is InChI=1S/C22H25F3N2O4/c1-29-19-9-8-17(31-22(23,24)25)10-15(19)12-26-18-11-16(21(28)30-2)13-27-20(18)14-6-4-3-5-7-14/h3-10,16,18,20,26-27H,11-13H2,1-2H3/t16-,18-,20+/m1/s1. The molecule has 1 heterocycles. The molecule has 0 radical (unpaired) electrons. The summed E-state index contributed by atoms with van der Waals surface area (Å²) in [7, 11) is 2.80. The Morgan fingerprint density at radius 2 is 1.90 bits per heavy atom. The monoisotopic (exact) mass is 438 g/mol. The van der Waals surface area contributed by atoms with Gasteiger partial charge in [0.2, 0.25) is 0 Å². The van der Waals surface area contributed by atoms with Crippen molar-refractivity contribution in [3.63, 3.8) is 0 Å². The van der Waals surface area contributed by atoms with Crippen LogP contribution < -0.4 is 20.1 Å². The summed E-state index contributed by atoms with van der Waals surface area (Å²) in [6, 6.07) is 13.4. The minimum absolute atomic E-state index is 0.0808. The maximum Gasteiger partial charge on any atom is 0.573 e. The van der Waals surface area contributed by atoms with E-state index in [0.29, 0.717) is 24.3 Å². The van der Waals surface area contributed by atoms with Crippen LogP contribution in [0.3, 0.4) is 0 Å². The topological polar surface area (TPSA) is 68.8 Å². The van der Waals surface area contributed by atoms with E-state index in [9.17, 15) is 18.0 Å². The average molecular weight is 438 g/mol. The van der Waals surface area contributed by atoms with E-state index < -0.39 is 6.36 Å². The summed E-state index contributed by atoms with van der Waals surface area (Å²) in [5.74, 6) is -0.515. The maximum atomic E-state index is 12.6. The van der Waals surface area contributed by atoms with Crippen LogP contribution in [-0.2, 0) is 16.1 Å². The van der Waals surface area contributed by atoms with Gasteiger partial charge in [0.05, 0.1) is 20.1 Å². The van der Waals surface area contributed by atoms with E-state index in [1.807, 2.05) is 30.3 Å². The van der Waals surface area contributed by atoms with Crippen LogP contribution >= 0.6 is 0 Å². The molecule has 6 nitrogen and oxygen atoms in total. The molecule has 2 aromatic rings. The zero-order valence-corrected chi connectivity index (χ0v) is 17.2. The second-order valence-corrected chi connectivity index (χ2v) is 7.26. The van der Waals surface area contributed by atoms with Gasteiger partial charge in [-0.3, -0.25) is 4.79 Å². The zero-order chi connectivity index (χ0) is 22.4. The highest BCUT2D eigenvalue weighted by atomic mass is 19.4. The smallest absolute Gasteiger partial charge is 0.496 e. The maximum absolute atomic E-state index is 12.6. The van der Waals surface area contributed by atoms with E-state index in [0.717, 1.165) is 5.56 Å². The third-order valence-corrected chi connectivity index (χ3v) is 5.26. The molecule has 0 amide bonds. The fourth-order valence-corrected chi connectivity index (χ4v) is 3.83. The van der Waals surface area contributed by atoms with Crippen molar-refractivity contribution in [2.75, 3.05) is 20.8 Å². The minimum atomic E-state index is -4.78. The van der Waals surface area contributed by atoms with Gasteiger partial charge in [0, 0.05) is 30.7 Å². The molecule has 2 aromatic carbocycles. The molecule has 1 aliphatic heterocycles. The molecule has 2 N–H and O–H groups in total. The molecule has 0 spiro atoms. The zero-order valence-electron chi connectivity index (χ0n) is 17.2. The number of carbonyl (C=O) groups is 1. The molecule has 0 aliphatic carbocycles. The SMILES string of the molecule is COC(=O)[C@H]1CN[C@@H](c2ccccc2)[C@H](NCc2cc(OC(F)(F)F)ccc2OC)C1.